The monoisotopic (exact) mass is 774 g/mol. The molecule has 0 aromatic rings. The van der Waals surface area contributed by atoms with Crippen LogP contribution < -0.4 is 0 Å². The first-order valence-electron chi connectivity index (χ1n) is 17.7. The zero-order valence-corrected chi connectivity index (χ0v) is 33.0. The van der Waals surface area contributed by atoms with Gasteiger partial charge in [-0.05, 0) is 12.8 Å². The molecule has 0 spiro atoms. The molecule has 0 rings (SSSR count). The smallest absolute Gasteiger partial charge is 0.0654 e. The minimum Gasteiger partial charge on any atom is -0.0654 e. The Morgan fingerprint density at radius 2 is 0.600 bits per heavy atom. The molecule has 4 heteroatoms. The molecule has 0 aliphatic heterocycles. The second-order valence-electron chi connectivity index (χ2n) is 11.7. The Bertz CT molecular complexity index is 439. The Balaban J connectivity index is 0. The van der Waals surface area contributed by atoms with E-state index in [9.17, 15) is 0 Å². The normalized spacial score (nSPS) is 11.7. The molecule has 0 fully saturated rings. The first-order valence-corrected chi connectivity index (χ1v) is 20.0. The molecule has 0 bridgehead atoms. The van der Waals surface area contributed by atoms with Crippen LogP contribution in [0.1, 0.15) is 194 Å². The Labute approximate surface area is 281 Å². The predicted octanol–water partition coefficient (Wildman–Crippen LogP) is 12.2. The van der Waals surface area contributed by atoms with E-state index in [0.717, 1.165) is 13.2 Å². The summed E-state index contributed by atoms with van der Waals surface area (Å²) in [6.45, 7) is 6.44. The fourth-order valence-electron chi connectivity index (χ4n) is 4.97. The maximum absolute atomic E-state index is 5.81. The Hall–Kier alpha value is 0.997. The minimum absolute atomic E-state index is 0. The summed E-state index contributed by atoms with van der Waals surface area (Å²) in [6, 6.07) is 0. The van der Waals surface area contributed by atoms with Gasteiger partial charge in [-0.25, -0.2) is 0 Å². The van der Waals surface area contributed by atoms with E-state index in [1.54, 1.807) is 0 Å². The van der Waals surface area contributed by atoms with Crippen LogP contribution in [0, 0.1) is 0 Å². The molecule has 232 valence electrons. The van der Waals surface area contributed by atoms with Crippen LogP contribution in [0.15, 0.2) is 24.3 Å². The Morgan fingerprint density at radius 1 is 0.350 bits per heavy atom. The summed E-state index contributed by atoms with van der Waals surface area (Å²) in [5.41, 5.74) is 0. The van der Waals surface area contributed by atoms with Crippen LogP contribution in [0.4, 0.5) is 0 Å². The number of allylic oxidation sites excluding steroid dienone is 4. The third-order valence-electron chi connectivity index (χ3n) is 7.63. The van der Waals surface area contributed by atoms with E-state index in [-0.39, 0.29) is 23.9 Å². The average molecular weight is 772 g/mol. The van der Waals surface area contributed by atoms with Gasteiger partial charge >= 0.3 is 192 Å². The molecule has 0 unspecified atom stereocenters. The fourth-order valence-corrected chi connectivity index (χ4v) is 6.51. The van der Waals surface area contributed by atoms with Gasteiger partial charge in [0.05, 0.1) is 0 Å². The quantitative estimate of drug-likeness (QED) is 0.0368. The average Bonchev–Trinajstić information content (AvgIpc) is 2.95. The van der Waals surface area contributed by atoms with Crippen molar-refractivity contribution in [3.8, 4) is 0 Å². The molecule has 0 N–H and O–H groups in total. The Kier molecular flexibility index (Phi) is 45.4. The SMILES string of the molecule is CCCCCCCC/C=C\CCCCCCCC[O][Sn][O]CCCCCCCC/C=C\CCCCCCCC.[Sn+2]. The van der Waals surface area contributed by atoms with E-state index in [4.69, 9.17) is 6.15 Å². The van der Waals surface area contributed by atoms with Crippen LogP contribution in [0.3, 0.4) is 0 Å². The van der Waals surface area contributed by atoms with Crippen molar-refractivity contribution in [2.75, 3.05) is 13.2 Å². The second kappa shape index (κ2) is 42.1. The van der Waals surface area contributed by atoms with Crippen molar-refractivity contribution < 1.29 is 6.15 Å². The molecule has 0 amide bonds. The molecule has 4 radical (unpaired) electrons. The van der Waals surface area contributed by atoms with E-state index in [0.29, 0.717) is 0 Å². The number of hydrogen-bond donors (Lipinski definition) is 0. The van der Waals surface area contributed by atoms with Gasteiger partial charge in [0, 0.05) is 0 Å². The molecule has 2 nitrogen and oxygen atoms in total. The standard InChI is InChI=1S/2C18H35O.2Sn/c2*1-2-3-4-5-6-7-8-9-10-11-12-13-14-15-16-17-18-19;;/h2*9-10H,2-8,11-18H2,1H3;;/q2*-1;2*+2/b2*10-9-;;. The van der Waals surface area contributed by atoms with Gasteiger partial charge in [0.25, 0.3) is 0 Å². The second-order valence-corrected chi connectivity index (χ2v) is 13.8. The number of hydrogen-bond acceptors (Lipinski definition) is 2. The summed E-state index contributed by atoms with van der Waals surface area (Å²) in [6.07, 6.45) is 47.8. The van der Waals surface area contributed by atoms with Crippen molar-refractivity contribution in [3.05, 3.63) is 24.3 Å². The summed E-state index contributed by atoms with van der Waals surface area (Å²) >= 11 is -1.01. The van der Waals surface area contributed by atoms with Crippen molar-refractivity contribution in [2.24, 2.45) is 0 Å². The van der Waals surface area contributed by atoms with Crippen molar-refractivity contribution in [1.29, 1.82) is 0 Å². The van der Waals surface area contributed by atoms with Gasteiger partial charge in [-0.3, -0.25) is 0 Å². The fraction of sp³-hybridized carbons (Fsp3) is 0.889. The maximum atomic E-state index is 5.81. The van der Waals surface area contributed by atoms with Crippen LogP contribution in [0.2, 0.25) is 0 Å². The van der Waals surface area contributed by atoms with Gasteiger partial charge in [0.2, 0.25) is 0 Å². The molecule has 0 saturated carbocycles. The number of rotatable bonds is 34. The van der Waals surface area contributed by atoms with Gasteiger partial charge in [-0.1, -0.05) is 78.1 Å². The van der Waals surface area contributed by atoms with Crippen molar-refractivity contribution in [2.45, 2.75) is 194 Å². The van der Waals surface area contributed by atoms with Crippen LogP contribution in [-0.4, -0.2) is 59.1 Å². The summed E-state index contributed by atoms with van der Waals surface area (Å²) in [4.78, 5) is 0. The van der Waals surface area contributed by atoms with E-state index < -0.39 is 22.0 Å². The molecule has 40 heavy (non-hydrogen) atoms. The van der Waals surface area contributed by atoms with Crippen LogP contribution in [-0.2, 0) is 6.15 Å². The van der Waals surface area contributed by atoms with Crippen LogP contribution >= 0.6 is 0 Å². The summed E-state index contributed by atoms with van der Waals surface area (Å²) < 4.78 is 11.6. The van der Waals surface area contributed by atoms with Crippen LogP contribution in [0.25, 0.3) is 0 Å². The van der Waals surface area contributed by atoms with E-state index in [1.165, 1.54) is 180 Å². The summed E-state index contributed by atoms with van der Waals surface area (Å²) in [5.74, 6) is 0. The molecule has 0 heterocycles. The van der Waals surface area contributed by atoms with Crippen LogP contribution in [0.5, 0.6) is 0 Å². The van der Waals surface area contributed by atoms with Crippen molar-refractivity contribution >= 4 is 45.9 Å². The van der Waals surface area contributed by atoms with Gasteiger partial charge in [-0.2, -0.15) is 0 Å². The van der Waals surface area contributed by atoms with E-state index >= 15 is 0 Å². The molecule has 0 aliphatic rings. The Morgan fingerprint density at radius 3 is 0.900 bits per heavy atom. The van der Waals surface area contributed by atoms with Crippen molar-refractivity contribution in [1.82, 2.24) is 0 Å². The molecule has 0 aliphatic carbocycles. The van der Waals surface area contributed by atoms with Gasteiger partial charge in [0.1, 0.15) is 0 Å². The molecule has 0 atom stereocenters. The predicted molar refractivity (Wildman–Crippen MR) is 182 cm³/mol. The first kappa shape index (κ1) is 43.1. The third-order valence-corrected chi connectivity index (χ3v) is 9.47. The molecule has 0 saturated heterocycles. The van der Waals surface area contributed by atoms with E-state index in [2.05, 4.69) is 38.2 Å². The molecular formula is C36H70O2Sn2+2. The zero-order valence-electron chi connectivity index (χ0n) is 27.3. The molecule has 0 aromatic heterocycles. The zero-order chi connectivity index (χ0) is 28.2. The topological polar surface area (TPSA) is 18.5 Å². The van der Waals surface area contributed by atoms with Gasteiger partial charge in [-0.15, -0.1) is 0 Å². The number of unbranched alkanes of at least 4 members (excludes halogenated alkanes) is 24. The third kappa shape index (κ3) is 41.1. The summed E-state index contributed by atoms with van der Waals surface area (Å²) in [5, 5.41) is 0. The molecule has 0 aromatic carbocycles. The van der Waals surface area contributed by atoms with E-state index in [1.807, 2.05) is 0 Å². The minimum atomic E-state index is -1.01. The van der Waals surface area contributed by atoms with Gasteiger partial charge < -0.3 is 0 Å². The van der Waals surface area contributed by atoms with Crippen molar-refractivity contribution in [3.63, 3.8) is 0 Å². The first-order chi connectivity index (χ1) is 19.4. The molecular weight excluding hydrogens is 702 g/mol. The van der Waals surface area contributed by atoms with Gasteiger partial charge in [0.15, 0.2) is 0 Å². The summed E-state index contributed by atoms with van der Waals surface area (Å²) in [7, 11) is 0.